The summed E-state index contributed by atoms with van der Waals surface area (Å²) in [6, 6.07) is 8.06. The number of pyridine rings is 1. The minimum Gasteiger partial charge on any atom is -0.497 e. The summed E-state index contributed by atoms with van der Waals surface area (Å²) in [6.45, 7) is 6.05. The molecule has 0 aliphatic heterocycles. The summed E-state index contributed by atoms with van der Waals surface area (Å²) in [5, 5.41) is 13.6. The molecule has 0 bridgehead atoms. The van der Waals surface area contributed by atoms with Crippen molar-refractivity contribution in [1.82, 2.24) is 30.1 Å². The van der Waals surface area contributed by atoms with Gasteiger partial charge in [0.05, 0.1) is 26.3 Å². The fourth-order valence-corrected chi connectivity index (χ4v) is 4.95. The van der Waals surface area contributed by atoms with Crippen LogP contribution in [0.15, 0.2) is 29.1 Å². The summed E-state index contributed by atoms with van der Waals surface area (Å²) in [4.78, 5) is 18.5. The van der Waals surface area contributed by atoms with E-state index in [1.54, 1.807) is 14.2 Å². The van der Waals surface area contributed by atoms with E-state index in [9.17, 15) is 4.79 Å². The van der Waals surface area contributed by atoms with Gasteiger partial charge in [-0.2, -0.15) is 0 Å². The molecule has 1 unspecified atom stereocenters. The van der Waals surface area contributed by atoms with Gasteiger partial charge in [-0.3, -0.25) is 9.69 Å². The monoisotopic (exact) mass is 454 g/mol. The number of hydrogen-bond donors (Lipinski definition) is 1. The molecule has 178 valence electrons. The van der Waals surface area contributed by atoms with Gasteiger partial charge in [-0.25, -0.2) is 4.68 Å². The quantitative estimate of drug-likeness (QED) is 0.502. The number of tetrazole rings is 1. The van der Waals surface area contributed by atoms with Crippen LogP contribution in [-0.4, -0.2) is 57.0 Å². The highest BCUT2D eigenvalue weighted by atomic mass is 16.5. The zero-order chi connectivity index (χ0) is 23.4. The lowest BCUT2D eigenvalue weighted by molar-refractivity contribution is 0.0822. The second-order valence-electron chi connectivity index (χ2n) is 9.13. The van der Waals surface area contributed by atoms with E-state index >= 15 is 0 Å². The van der Waals surface area contributed by atoms with Gasteiger partial charge in [0.1, 0.15) is 5.75 Å². The molecule has 1 aromatic carbocycles. The maximum Gasteiger partial charge on any atom is 0.252 e. The maximum atomic E-state index is 13.0. The number of nitrogens with one attached hydrogen (secondary N) is 1. The number of methoxy groups -OCH3 is 2. The van der Waals surface area contributed by atoms with Crippen molar-refractivity contribution in [2.75, 3.05) is 20.8 Å². The van der Waals surface area contributed by atoms with Crippen molar-refractivity contribution in [2.45, 2.75) is 64.7 Å². The molecule has 9 nitrogen and oxygen atoms in total. The number of benzene rings is 1. The predicted octanol–water partition coefficient (Wildman–Crippen LogP) is 3.31. The molecule has 4 rings (SSSR count). The number of aromatic nitrogens is 5. The smallest absolute Gasteiger partial charge is 0.252 e. The van der Waals surface area contributed by atoms with Crippen molar-refractivity contribution in [2.24, 2.45) is 5.92 Å². The van der Waals surface area contributed by atoms with E-state index in [-0.39, 0.29) is 17.5 Å². The van der Waals surface area contributed by atoms with Crippen LogP contribution in [0.25, 0.3) is 10.9 Å². The number of ether oxygens (including phenoxy) is 2. The highest BCUT2D eigenvalue weighted by molar-refractivity contribution is 5.80. The SMILES string of the molecule is COCCn1nnnc1C(C(C)C)N(Cc1cc2cc(OC)ccc2[nH]c1=O)C1CCCC1. The van der Waals surface area contributed by atoms with Gasteiger partial charge in [0.25, 0.3) is 5.56 Å². The Labute approximate surface area is 194 Å². The summed E-state index contributed by atoms with van der Waals surface area (Å²) in [5.74, 6) is 1.86. The van der Waals surface area contributed by atoms with Crippen LogP contribution < -0.4 is 10.3 Å². The van der Waals surface area contributed by atoms with E-state index < -0.39 is 0 Å². The first-order valence-corrected chi connectivity index (χ1v) is 11.7. The Morgan fingerprint density at radius 1 is 1.21 bits per heavy atom. The Bertz CT molecular complexity index is 1120. The molecule has 1 aliphatic rings. The van der Waals surface area contributed by atoms with E-state index in [0.29, 0.717) is 25.7 Å². The van der Waals surface area contributed by atoms with Crippen LogP contribution in [0.3, 0.4) is 0 Å². The van der Waals surface area contributed by atoms with Crippen molar-refractivity contribution in [3.05, 3.63) is 46.0 Å². The summed E-state index contributed by atoms with van der Waals surface area (Å²) in [6.07, 6.45) is 4.63. The highest BCUT2D eigenvalue weighted by Crippen LogP contribution is 2.36. The van der Waals surface area contributed by atoms with Crippen LogP contribution in [0.5, 0.6) is 5.75 Å². The van der Waals surface area contributed by atoms with Gasteiger partial charge < -0.3 is 14.5 Å². The Morgan fingerprint density at radius 3 is 2.70 bits per heavy atom. The Hall–Kier alpha value is -2.78. The Kier molecular flexibility index (Phi) is 7.39. The normalized spacial score (nSPS) is 15.7. The Morgan fingerprint density at radius 2 is 2.00 bits per heavy atom. The maximum absolute atomic E-state index is 13.0. The van der Waals surface area contributed by atoms with Crippen molar-refractivity contribution >= 4 is 10.9 Å². The number of rotatable bonds is 10. The number of nitrogens with zero attached hydrogens (tertiary/aromatic N) is 5. The largest absolute Gasteiger partial charge is 0.497 e. The average molecular weight is 455 g/mol. The highest BCUT2D eigenvalue weighted by Gasteiger charge is 2.35. The lowest BCUT2D eigenvalue weighted by Crippen LogP contribution is -2.41. The van der Waals surface area contributed by atoms with Crippen molar-refractivity contribution in [3.8, 4) is 5.75 Å². The van der Waals surface area contributed by atoms with E-state index in [2.05, 4.69) is 39.3 Å². The van der Waals surface area contributed by atoms with Crippen LogP contribution in [0.4, 0.5) is 0 Å². The summed E-state index contributed by atoms with van der Waals surface area (Å²) in [7, 11) is 3.33. The molecular weight excluding hydrogens is 420 g/mol. The number of hydrogen-bond acceptors (Lipinski definition) is 7. The van der Waals surface area contributed by atoms with Crippen LogP contribution in [0, 0.1) is 5.92 Å². The van der Waals surface area contributed by atoms with Gasteiger partial charge in [0.15, 0.2) is 5.82 Å². The molecule has 0 spiro atoms. The number of aromatic amines is 1. The predicted molar refractivity (Wildman–Crippen MR) is 126 cm³/mol. The fourth-order valence-electron chi connectivity index (χ4n) is 4.95. The van der Waals surface area contributed by atoms with E-state index in [1.165, 1.54) is 12.8 Å². The lowest BCUT2D eigenvalue weighted by Gasteiger charge is -2.38. The molecular formula is C24H34N6O3. The van der Waals surface area contributed by atoms with Crippen LogP contribution in [0.2, 0.25) is 0 Å². The van der Waals surface area contributed by atoms with Gasteiger partial charge in [-0.1, -0.05) is 26.7 Å². The van der Waals surface area contributed by atoms with Crippen LogP contribution in [-0.2, 0) is 17.8 Å². The van der Waals surface area contributed by atoms with E-state index in [0.717, 1.165) is 40.9 Å². The fraction of sp³-hybridized carbons (Fsp3) is 0.583. The lowest BCUT2D eigenvalue weighted by atomic mass is 9.97. The van der Waals surface area contributed by atoms with Crippen LogP contribution >= 0.6 is 0 Å². The molecule has 1 atom stereocenters. The standard InChI is InChI=1S/C24H34N6O3/c1-16(2)22(23-26-27-28-30(23)11-12-32-3)29(19-7-5-6-8-19)15-18-13-17-14-20(33-4)9-10-21(17)25-24(18)31/h9-10,13-14,16,19,22H,5-8,11-12,15H2,1-4H3,(H,25,31). The number of fused-ring (bicyclic) bond motifs is 1. The second kappa shape index (κ2) is 10.4. The molecule has 9 heteroatoms. The first-order chi connectivity index (χ1) is 16.0. The van der Waals surface area contributed by atoms with Crippen molar-refractivity contribution in [3.63, 3.8) is 0 Å². The average Bonchev–Trinajstić information content (AvgIpc) is 3.49. The molecule has 3 aromatic rings. The zero-order valence-corrected chi connectivity index (χ0v) is 20.0. The van der Waals surface area contributed by atoms with Gasteiger partial charge in [-0.05, 0) is 53.5 Å². The molecule has 33 heavy (non-hydrogen) atoms. The molecule has 0 radical (unpaired) electrons. The summed E-state index contributed by atoms with van der Waals surface area (Å²) < 4.78 is 12.5. The third-order valence-corrected chi connectivity index (χ3v) is 6.60. The molecule has 0 saturated heterocycles. The minimum atomic E-state index is -0.0582. The minimum absolute atomic E-state index is 0.0136. The van der Waals surface area contributed by atoms with Gasteiger partial charge in [-0.15, -0.1) is 5.10 Å². The number of H-pyrrole nitrogens is 1. The van der Waals surface area contributed by atoms with E-state index in [4.69, 9.17) is 9.47 Å². The molecule has 1 aliphatic carbocycles. The molecule has 1 saturated carbocycles. The van der Waals surface area contributed by atoms with Gasteiger partial charge >= 0.3 is 0 Å². The molecule has 1 N–H and O–H groups in total. The van der Waals surface area contributed by atoms with Gasteiger partial charge in [0.2, 0.25) is 0 Å². The molecule has 2 aromatic heterocycles. The molecule has 0 amide bonds. The summed E-state index contributed by atoms with van der Waals surface area (Å²) >= 11 is 0. The zero-order valence-electron chi connectivity index (χ0n) is 20.0. The Balaban J connectivity index is 1.73. The molecule has 2 heterocycles. The summed E-state index contributed by atoms with van der Waals surface area (Å²) in [5.41, 5.74) is 1.49. The molecule has 1 fully saturated rings. The topological polar surface area (TPSA) is 98.2 Å². The first kappa shape index (κ1) is 23.4. The first-order valence-electron chi connectivity index (χ1n) is 11.7. The van der Waals surface area contributed by atoms with Crippen molar-refractivity contribution in [1.29, 1.82) is 0 Å². The van der Waals surface area contributed by atoms with Crippen molar-refractivity contribution < 1.29 is 9.47 Å². The second-order valence-corrected chi connectivity index (χ2v) is 9.13. The van der Waals surface area contributed by atoms with Crippen LogP contribution in [0.1, 0.15) is 57.0 Å². The van der Waals surface area contributed by atoms with Gasteiger partial charge in [0, 0.05) is 36.2 Å². The third kappa shape index (κ3) is 5.09. The third-order valence-electron chi connectivity index (χ3n) is 6.60. The van der Waals surface area contributed by atoms with E-state index in [1.807, 2.05) is 28.9 Å².